The quantitative estimate of drug-likeness (QED) is 0.251. The number of fused-ring (bicyclic) bond motifs is 3. The second kappa shape index (κ2) is 7.83. The van der Waals surface area contributed by atoms with E-state index in [-0.39, 0.29) is 42.3 Å². The van der Waals surface area contributed by atoms with Crippen molar-refractivity contribution >= 4 is 29.8 Å². The Morgan fingerprint density at radius 1 is 1.55 bits per heavy atom. The molecule has 29 heavy (non-hydrogen) atoms. The molecular weight excluding hydrogens is 396 g/mol. The van der Waals surface area contributed by atoms with Gasteiger partial charge in [0.05, 0.1) is 5.60 Å². The molecule has 2 fully saturated rings. The first kappa shape index (κ1) is 20.0. The van der Waals surface area contributed by atoms with E-state index in [0.717, 1.165) is 18.4 Å². The number of nitrogens with zero attached hydrogens (tertiary/aromatic N) is 2. The Labute approximate surface area is 172 Å². The van der Waals surface area contributed by atoms with E-state index in [4.69, 9.17) is 14.2 Å². The molecule has 4 atom stereocenters. The molecule has 10 heteroatoms. The fourth-order valence-corrected chi connectivity index (χ4v) is 4.26. The van der Waals surface area contributed by atoms with Gasteiger partial charge in [0.2, 0.25) is 11.1 Å². The maximum Gasteiger partial charge on any atom is 0.414 e. The molecule has 1 aliphatic carbocycles. The average molecular weight is 420 g/mol. The Morgan fingerprint density at radius 3 is 3.14 bits per heavy atom. The molecule has 0 spiro atoms. The van der Waals surface area contributed by atoms with Gasteiger partial charge in [-0.3, -0.25) is 5.32 Å². The monoisotopic (exact) mass is 420 g/mol. The van der Waals surface area contributed by atoms with E-state index in [1.54, 1.807) is 0 Å². The average Bonchev–Trinajstić information content (AvgIpc) is 3.01. The molecule has 3 aliphatic rings. The van der Waals surface area contributed by atoms with E-state index in [1.165, 1.54) is 11.8 Å². The number of nitrogens with one attached hydrogen (secondary N) is 2. The third kappa shape index (κ3) is 4.18. The predicted octanol–water partition coefficient (Wildman–Crippen LogP) is 2.83. The van der Waals surface area contributed by atoms with Gasteiger partial charge in [-0.1, -0.05) is 24.4 Å². The molecule has 2 aliphatic heterocycles. The van der Waals surface area contributed by atoms with E-state index in [0.29, 0.717) is 23.6 Å². The van der Waals surface area contributed by atoms with Gasteiger partial charge in [0.25, 0.3) is 0 Å². The highest BCUT2D eigenvalue weighted by Crippen LogP contribution is 2.49. The summed E-state index contributed by atoms with van der Waals surface area (Å²) in [6.07, 6.45) is 5.99. The van der Waals surface area contributed by atoms with Gasteiger partial charge in [0.1, 0.15) is 18.8 Å². The number of hydrogen-bond donors (Lipinski definition) is 2. The number of carbonyl (C=O) groups is 2. The second-order valence-corrected chi connectivity index (χ2v) is 8.44. The van der Waals surface area contributed by atoms with Crippen molar-refractivity contribution in [3.8, 4) is 0 Å². The molecule has 0 aromatic carbocycles. The number of thioether (sulfide) groups is 1. The third-order valence-electron chi connectivity index (χ3n) is 5.70. The lowest BCUT2D eigenvalue weighted by molar-refractivity contribution is -0.140. The lowest BCUT2D eigenvalue weighted by atomic mass is 9.84. The number of epoxide rings is 1. The van der Waals surface area contributed by atoms with Crippen LogP contribution in [0.2, 0.25) is 0 Å². The largest absolute Gasteiger partial charge is 0.455 e. The third-order valence-corrected chi connectivity index (χ3v) is 6.24. The van der Waals surface area contributed by atoms with Gasteiger partial charge in [-0.15, -0.1) is 5.10 Å². The zero-order valence-electron chi connectivity index (χ0n) is 16.4. The number of H-pyrrole nitrogens is 1. The number of carbonyl (C=O) groups excluding carboxylic acids is 2. The van der Waals surface area contributed by atoms with E-state index >= 15 is 0 Å². The molecular formula is C19H24N4O5S. The summed E-state index contributed by atoms with van der Waals surface area (Å²) in [5.41, 5.74) is 1.21. The highest BCUT2D eigenvalue weighted by molar-refractivity contribution is 7.98. The molecule has 2 N–H and O–H groups in total. The van der Waals surface area contributed by atoms with Crippen molar-refractivity contribution in [2.24, 2.45) is 5.92 Å². The Balaban J connectivity index is 1.37. The molecule has 1 aromatic heterocycles. The van der Waals surface area contributed by atoms with Gasteiger partial charge >= 0.3 is 12.1 Å². The van der Waals surface area contributed by atoms with Crippen LogP contribution in [0.1, 0.15) is 32.6 Å². The predicted molar refractivity (Wildman–Crippen MR) is 105 cm³/mol. The van der Waals surface area contributed by atoms with Crippen molar-refractivity contribution in [1.29, 1.82) is 0 Å². The molecule has 1 amide bonds. The van der Waals surface area contributed by atoms with Gasteiger partial charge in [0.15, 0.2) is 0 Å². The Kier molecular flexibility index (Phi) is 5.39. The SMILES string of the molecule is C=C1C(=O)O[C@H]2[C@H]1CC/C(COC(=O)Nc1nc(SC)n[nH]1)=C\CC[C@@]1(C)O[C@@H]21. The first-order chi connectivity index (χ1) is 13.9. The number of aromatic nitrogens is 3. The Hall–Kier alpha value is -2.33. The zero-order valence-corrected chi connectivity index (χ0v) is 17.2. The lowest BCUT2D eigenvalue weighted by Crippen LogP contribution is -2.29. The molecule has 156 valence electrons. The van der Waals surface area contributed by atoms with Crippen molar-refractivity contribution in [3.63, 3.8) is 0 Å². The summed E-state index contributed by atoms with van der Waals surface area (Å²) in [7, 11) is 0. The second-order valence-electron chi connectivity index (χ2n) is 7.66. The molecule has 0 bridgehead atoms. The molecule has 0 radical (unpaired) electrons. The normalized spacial score (nSPS) is 33.0. The van der Waals surface area contributed by atoms with Crippen LogP contribution in [0.4, 0.5) is 10.7 Å². The van der Waals surface area contributed by atoms with E-state index in [9.17, 15) is 9.59 Å². The van der Waals surface area contributed by atoms with Crippen LogP contribution in [-0.2, 0) is 19.0 Å². The highest BCUT2D eigenvalue weighted by Gasteiger charge is 2.61. The topological polar surface area (TPSA) is 119 Å². The number of amides is 1. The number of allylic oxidation sites excluding steroid dienone is 1. The van der Waals surface area contributed by atoms with Crippen LogP contribution in [0.15, 0.2) is 29.0 Å². The fraction of sp³-hybridized carbons (Fsp3) is 0.579. The summed E-state index contributed by atoms with van der Waals surface area (Å²) in [5.74, 6) is -0.177. The smallest absolute Gasteiger partial charge is 0.414 e. The summed E-state index contributed by atoms with van der Waals surface area (Å²) in [4.78, 5) is 28.2. The summed E-state index contributed by atoms with van der Waals surface area (Å²) in [6, 6.07) is 0. The van der Waals surface area contributed by atoms with E-state index in [2.05, 4.69) is 33.2 Å². The van der Waals surface area contributed by atoms with Crippen LogP contribution in [0.25, 0.3) is 0 Å². The first-order valence-electron chi connectivity index (χ1n) is 9.55. The van der Waals surface area contributed by atoms with Crippen molar-refractivity contribution < 1.29 is 23.8 Å². The maximum absolute atomic E-state index is 12.1. The van der Waals surface area contributed by atoms with Crippen LogP contribution < -0.4 is 5.32 Å². The van der Waals surface area contributed by atoms with Gasteiger partial charge < -0.3 is 14.2 Å². The minimum absolute atomic E-state index is 0.0687. The van der Waals surface area contributed by atoms with Gasteiger partial charge in [0, 0.05) is 11.5 Å². The summed E-state index contributed by atoms with van der Waals surface area (Å²) in [6.45, 7) is 6.12. The van der Waals surface area contributed by atoms with Crippen LogP contribution in [-0.4, -0.2) is 57.9 Å². The Bertz CT molecular complexity index is 869. The van der Waals surface area contributed by atoms with Gasteiger partial charge in [-0.2, -0.15) is 4.98 Å². The van der Waals surface area contributed by atoms with Crippen LogP contribution in [0.5, 0.6) is 0 Å². The van der Waals surface area contributed by atoms with Crippen molar-refractivity contribution in [2.75, 3.05) is 18.2 Å². The van der Waals surface area contributed by atoms with Crippen molar-refractivity contribution in [3.05, 3.63) is 23.8 Å². The van der Waals surface area contributed by atoms with Crippen molar-refractivity contribution in [1.82, 2.24) is 15.2 Å². The number of anilines is 1. The van der Waals surface area contributed by atoms with Crippen LogP contribution in [0.3, 0.4) is 0 Å². The molecule has 0 unspecified atom stereocenters. The number of esters is 1. The molecule has 1 aromatic rings. The maximum atomic E-state index is 12.1. The first-order valence-corrected chi connectivity index (χ1v) is 10.8. The van der Waals surface area contributed by atoms with Crippen molar-refractivity contribution in [2.45, 2.75) is 55.6 Å². The van der Waals surface area contributed by atoms with Gasteiger partial charge in [-0.05, 0) is 44.4 Å². The number of rotatable bonds is 4. The summed E-state index contributed by atoms with van der Waals surface area (Å²) in [5, 5.41) is 9.62. The lowest BCUT2D eigenvalue weighted by Gasteiger charge is -2.20. The standard InChI is InChI=1S/C19H24N4O5S/c1-10-12-7-6-11(9-26-18(25)21-16-20-17(29-3)23-22-16)5-4-8-19(2)14(28-19)13(12)27-15(10)24/h5,12-14H,1,4,6-9H2,2-3H3,(H2,20,21,22,23,25)/b11-5+/t12-,13-,14-,19+/m0/s1. The molecule has 3 heterocycles. The van der Waals surface area contributed by atoms with E-state index in [1.807, 2.05) is 13.2 Å². The minimum atomic E-state index is -0.606. The van der Waals surface area contributed by atoms with Crippen LogP contribution >= 0.6 is 11.8 Å². The fourth-order valence-electron chi connectivity index (χ4n) is 3.94. The minimum Gasteiger partial charge on any atom is -0.455 e. The number of hydrogen-bond acceptors (Lipinski definition) is 8. The Morgan fingerprint density at radius 2 is 2.38 bits per heavy atom. The molecule has 0 saturated carbocycles. The zero-order chi connectivity index (χ0) is 20.6. The molecule has 4 rings (SSSR count). The van der Waals surface area contributed by atoms with Gasteiger partial charge in [-0.25, -0.2) is 14.7 Å². The number of ether oxygens (including phenoxy) is 3. The molecule has 2 saturated heterocycles. The highest BCUT2D eigenvalue weighted by atomic mass is 32.2. The number of aromatic amines is 1. The van der Waals surface area contributed by atoms with E-state index < -0.39 is 6.09 Å². The molecule has 9 nitrogen and oxygen atoms in total. The summed E-state index contributed by atoms with van der Waals surface area (Å²) < 4.78 is 16.8. The summed E-state index contributed by atoms with van der Waals surface area (Å²) >= 11 is 1.37. The van der Waals surface area contributed by atoms with Crippen LogP contribution in [0, 0.1) is 5.92 Å².